The highest BCUT2D eigenvalue weighted by molar-refractivity contribution is 9.13. The van der Waals surface area contributed by atoms with Crippen LogP contribution >= 0.6 is 31.9 Å². The number of hydrogen-bond acceptors (Lipinski definition) is 4. The summed E-state index contributed by atoms with van der Waals surface area (Å²) >= 11 is 6.51. The minimum atomic E-state index is -0.450. The van der Waals surface area contributed by atoms with Gasteiger partial charge < -0.3 is 4.42 Å². The fourth-order valence-corrected chi connectivity index (χ4v) is 1.83. The van der Waals surface area contributed by atoms with Gasteiger partial charge in [0.2, 0.25) is 0 Å². The summed E-state index contributed by atoms with van der Waals surface area (Å²) in [5, 5.41) is 10.5. The molecule has 0 aliphatic heterocycles. The normalized spacial score (nSPS) is 11.0. The Balaban J connectivity index is 2.16. The van der Waals surface area contributed by atoms with Crippen LogP contribution in [0.15, 0.2) is 48.9 Å². The van der Waals surface area contributed by atoms with Crippen LogP contribution in [-0.2, 0) is 0 Å². The van der Waals surface area contributed by atoms with Gasteiger partial charge in [0.1, 0.15) is 5.76 Å². The van der Waals surface area contributed by atoms with Gasteiger partial charge in [-0.1, -0.05) is 0 Å². The number of aliphatic imine (C=N–C) groups is 1. The summed E-state index contributed by atoms with van der Waals surface area (Å²) in [5.74, 6) is 0.576. The van der Waals surface area contributed by atoms with E-state index in [0.29, 0.717) is 16.1 Å². The summed E-state index contributed by atoms with van der Waals surface area (Å²) in [5.41, 5.74) is 0.654. The Morgan fingerprint density at radius 2 is 1.94 bits per heavy atom. The maximum Gasteiger partial charge on any atom is 0.269 e. The van der Waals surface area contributed by atoms with Gasteiger partial charge in [-0.15, -0.1) is 0 Å². The SMILES string of the molecule is O=[N+]([O-])c1ccc(N=Cc2cc(Br)c(Br)o2)cc1. The minimum absolute atomic E-state index is 0.0393. The summed E-state index contributed by atoms with van der Waals surface area (Å²) in [6.07, 6.45) is 1.54. The second-order valence-electron chi connectivity index (χ2n) is 3.30. The second-order valence-corrected chi connectivity index (χ2v) is 4.88. The predicted molar refractivity (Wildman–Crippen MR) is 74.5 cm³/mol. The van der Waals surface area contributed by atoms with Crippen molar-refractivity contribution in [2.45, 2.75) is 0 Å². The molecule has 1 heterocycles. The van der Waals surface area contributed by atoms with Gasteiger partial charge in [0, 0.05) is 18.2 Å². The molecule has 0 amide bonds. The average Bonchev–Trinajstić information content (AvgIpc) is 2.67. The third-order valence-corrected chi connectivity index (χ3v) is 3.78. The molecule has 92 valence electrons. The number of nitro benzene ring substituents is 1. The first-order valence-electron chi connectivity index (χ1n) is 4.79. The van der Waals surface area contributed by atoms with Crippen molar-refractivity contribution >= 4 is 49.4 Å². The highest BCUT2D eigenvalue weighted by atomic mass is 79.9. The largest absolute Gasteiger partial charge is 0.447 e. The molecule has 0 fully saturated rings. The lowest BCUT2D eigenvalue weighted by Crippen LogP contribution is -1.85. The van der Waals surface area contributed by atoms with Crippen molar-refractivity contribution in [2.75, 3.05) is 0 Å². The van der Waals surface area contributed by atoms with E-state index in [9.17, 15) is 10.1 Å². The third-order valence-electron chi connectivity index (χ3n) is 2.07. The molecule has 0 spiro atoms. The quantitative estimate of drug-likeness (QED) is 0.453. The molecule has 0 bridgehead atoms. The first-order valence-corrected chi connectivity index (χ1v) is 6.38. The Morgan fingerprint density at radius 3 is 2.44 bits per heavy atom. The lowest BCUT2D eigenvalue weighted by molar-refractivity contribution is -0.384. The Bertz CT molecular complexity index is 586. The molecule has 0 radical (unpaired) electrons. The standard InChI is InChI=1S/C11H6Br2N2O3/c12-10-5-9(18-11(10)13)6-14-7-1-3-8(4-2-7)15(16)17/h1-6H. The van der Waals surface area contributed by atoms with Crippen LogP contribution in [0.4, 0.5) is 11.4 Å². The van der Waals surface area contributed by atoms with Gasteiger partial charge in [-0.3, -0.25) is 15.1 Å². The van der Waals surface area contributed by atoms with Gasteiger partial charge in [-0.25, -0.2) is 0 Å². The number of non-ortho nitro benzene ring substituents is 1. The number of hydrogen-bond donors (Lipinski definition) is 0. The van der Waals surface area contributed by atoms with Crippen molar-refractivity contribution in [3.05, 3.63) is 55.3 Å². The molecule has 0 aliphatic carbocycles. The molecule has 0 unspecified atom stereocenters. The smallest absolute Gasteiger partial charge is 0.269 e. The van der Waals surface area contributed by atoms with E-state index in [0.717, 1.165) is 4.47 Å². The van der Waals surface area contributed by atoms with E-state index >= 15 is 0 Å². The number of halogens is 2. The Kier molecular flexibility index (Phi) is 3.93. The van der Waals surface area contributed by atoms with Crippen LogP contribution in [0.25, 0.3) is 0 Å². The van der Waals surface area contributed by atoms with Gasteiger partial charge in [0.25, 0.3) is 5.69 Å². The lowest BCUT2D eigenvalue weighted by atomic mass is 10.3. The summed E-state index contributed by atoms with van der Waals surface area (Å²) in [6.45, 7) is 0. The molecule has 0 saturated carbocycles. The van der Waals surface area contributed by atoms with Gasteiger partial charge >= 0.3 is 0 Å². The molecule has 5 nitrogen and oxygen atoms in total. The first-order chi connectivity index (χ1) is 8.56. The number of furan rings is 1. The molecule has 18 heavy (non-hydrogen) atoms. The topological polar surface area (TPSA) is 68.6 Å². The maximum absolute atomic E-state index is 10.5. The van der Waals surface area contributed by atoms with Gasteiger partial charge in [-0.05, 0) is 44.0 Å². The van der Waals surface area contributed by atoms with Crippen molar-refractivity contribution < 1.29 is 9.34 Å². The first kappa shape index (κ1) is 13.0. The summed E-state index contributed by atoms with van der Waals surface area (Å²) < 4.78 is 6.70. The Labute approximate surface area is 119 Å². The highest BCUT2D eigenvalue weighted by Crippen LogP contribution is 2.26. The van der Waals surface area contributed by atoms with Crippen LogP contribution in [0.1, 0.15) is 5.76 Å². The highest BCUT2D eigenvalue weighted by Gasteiger charge is 2.04. The van der Waals surface area contributed by atoms with E-state index in [4.69, 9.17) is 4.42 Å². The molecule has 0 N–H and O–H groups in total. The molecular weight excluding hydrogens is 368 g/mol. The van der Waals surface area contributed by atoms with E-state index < -0.39 is 4.92 Å². The minimum Gasteiger partial charge on any atom is -0.447 e. The van der Waals surface area contributed by atoms with Gasteiger partial charge in [0.15, 0.2) is 4.67 Å². The predicted octanol–water partition coefficient (Wildman–Crippen LogP) is 4.46. The zero-order valence-corrected chi connectivity index (χ0v) is 12.0. The van der Waals surface area contributed by atoms with E-state index in [2.05, 4.69) is 36.9 Å². The Hall–Kier alpha value is -1.47. The number of nitro groups is 1. The fraction of sp³-hybridized carbons (Fsp3) is 0. The van der Waals surface area contributed by atoms with E-state index in [1.807, 2.05) is 0 Å². The van der Waals surface area contributed by atoms with Crippen LogP contribution in [0.3, 0.4) is 0 Å². The maximum atomic E-state index is 10.5. The van der Waals surface area contributed by atoms with Crippen LogP contribution < -0.4 is 0 Å². The third kappa shape index (κ3) is 3.05. The number of benzene rings is 1. The van der Waals surface area contributed by atoms with E-state index in [-0.39, 0.29) is 5.69 Å². The molecule has 2 aromatic rings. The van der Waals surface area contributed by atoms with Crippen molar-refractivity contribution in [3.8, 4) is 0 Å². The van der Waals surface area contributed by atoms with Crippen LogP contribution in [0.2, 0.25) is 0 Å². The fourth-order valence-electron chi connectivity index (χ4n) is 1.23. The number of rotatable bonds is 3. The van der Waals surface area contributed by atoms with E-state index in [1.165, 1.54) is 18.3 Å². The molecule has 1 aromatic heterocycles. The molecule has 0 saturated heterocycles. The van der Waals surface area contributed by atoms with Crippen molar-refractivity contribution in [1.29, 1.82) is 0 Å². The van der Waals surface area contributed by atoms with Crippen LogP contribution in [-0.4, -0.2) is 11.1 Å². The molecule has 0 aliphatic rings. The zero-order valence-electron chi connectivity index (χ0n) is 8.84. The van der Waals surface area contributed by atoms with Crippen LogP contribution in [0.5, 0.6) is 0 Å². The second kappa shape index (κ2) is 5.45. The van der Waals surface area contributed by atoms with Crippen molar-refractivity contribution in [2.24, 2.45) is 4.99 Å². The molecule has 0 atom stereocenters. The molecule has 7 heteroatoms. The summed E-state index contributed by atoms with van der Waals surface area (Å²) in [7, 11) is 0. The average molecular weight is 374 g/mol. The molecule has 2 rings (SSSR count). The summed E-state index contributed by atoms with van der Waals surface area (Å²) in [6, 6.07) is 7.71. The van der Waals surface area contributed by atoms with Crippen LogP contribution in [0, 0.1) is 10.1 Å². The molecular formula is C11H6Br2N2O3. The monoisotopic (exact) mass is 372 g/mol. The molecule has 1 aromatic carbocycles. The van der Waals surface area contributed by atoms with Gasteiger partial charge in [-0.2, -0.15) is 0 Å². The summed E-state index contributed by atoms with van der Waals surface area (Å²) in [4.78, 5) is 14.2. The lowest BCUT2D eigenvalue weighted by Gasteiger charge is -1.92. The number of nitrogens with zero attached hydrogens (tertiary/aromatic N) is 2. The van der Waals surface area contributed by atoms with Gasteiger partial charge in [0.05, 0.1) is 21.3 Å². The Morgan fingerprint density at radius 1 is 1.28 bits per heavy atom. The van der Waals surface area contributed by atoms with Crippen molar-refractivity contribution in [1.82, 2.24) is 0 Å². The van der Waals surface area contributed by atoms with E-state index in [1.54, 1.807) is 18.2 Å². The zero-order chi connectivity index (χ0) is 13.1. The van der Waals surface area contributed by atoms with Crippen molar-refractivity contribution in [3.63, 3.8) is 0 Å².